The number of benzene rings is 1. The van der Waals surface area contributed by atoms with E-state index in [9.17, 15) is 5.11 Å². The van der Waals surface area contributed by atoms with Gasteiger partial charge >= 0.3 is 0 Å². The van der Waals surface area contributed by atoms with Crippen LogP contribution in [-0.4, -0.2) is 17.8 Å². The van der Waals surface area contributed by atoms with Crippen LogP contribution in [0.1, 0.15) is 38.0 Å². The second-order valence-corrected chi connectivity index (χ2v) is 6.29. The summed E-state index contributed by atoms with van der Waals surface area (Å²) in [6.07, 6.45) is 1.28. The average Bonchev–Trinajstić information content (AvgIpc) is 2.82. The predicted octanol–water partition coefficient (Wildman–Crippen LogP) is 3.76. The van der Waals surface area contributed by atoms with Crippen molar-refractivity contribution >= 4 is 11.0 Å². The molecule has 0 amide bonds. The van der Waals surface area contributed by atoms with Crippen LogP contribution in [0.2, 0.25) is 0 Å². The summed E-state index contributed by atoms with van der Waals surface area (Å²) in [6.45, 7) is 6.89. The Hall–Kier alpha value is -1.32. The van der Waals surface area contributed by atoms with Crippen molar-refractivity contribution in [2.75, 3.05) is 6.61 Å². The van der Waals surface area contributed by atoms with E-state index in [4.69, 9.17) is 9.15 Å². The molecular formula is C17H22O3. The van der Waals surface area contributed by atoms with Crippen LogP contribution in [0.4, 0.5) is 0 Å². The smallest absolute Gasteiger partial charge is 0.137 e. The Morgan fingerprint density at radius 2 is 2.10 bits per heavy atom. The van der Waals surface area contributed by atoms with Gasteiger partial charge in [0.1, 0.15) is 16.9 Å². The Morgan fingerprint density at radius 1 is 1.30 bits per heavy atom. The van der Waals surface area contributed by atoms with E-state index in [2.05, 4.69) is 26.8 Å². The maximum atomic E-state index is 11.0. The van der Waals surface area contributed by atoms with E-state index < -0.39 is 5.60 Å². The first-order valence-electron chi connectivity index (χ1n) is 7.33. The second kappa shape index (κ2) is 4.90. The van der Waals surface area contributed by atoms with Crippen molar-refractivity contribution in [3.05, 3.63) is 35.6 Å². The third-order valence-corrected chi connectivity index (χ3v) is 4.26. The van der Waals surface area contributed by atoms with Crippen LogP contribution in [0.5, 0.6) is 0 Å². The Morgan fingerprint density at radius 3 is 2.85 bits per heavy atom. The van der Waals surface area contributed by atoms with Crippen molar-refractivity contribution < 1.29 is 14.3 Å². The van der Waals surface area contributed by atoms with Crippen molar-refractivity contribution in [3.8, 4) is 0 Å². The molecule has 0 radical (unpaired) electrons. The molecule has 2 aromatic rings. The van der Waals surface area contributed by atoms with Crippen molar-refractivity contribution in [1.29, 1.82) is 0 Å². The van der Waals surface area contributed by atoms with E-state index in [1.54, 1.807) is 0 Å². The highest BCUT2D eigenvalue weighted by atomic mass is 16.5. The molecule has 108 valence electrons. The SMILES string of the molecule is Cc1ccc2oc(C3(O)CCOC(C(C)C)C3)cc2c1. The van der Waals surface area contributed by atoms with Gasteiger partial charge in [-0.25, -0.2) is 0 Å². The highest BCUT2D eigenvalue weighted by Crippen LogP contribution is 2.39. The molecule has 3 heteroatoms. The number of rotatable bonds is 2. The highest BCUT2D eigenvalue weighted by Gasteiger charge is 2.40. The molecule has 1 N–H and O–H groups in total. The van der Waals surface area contributed by atoms with Gasteiger partial charge < -0.3 is 14.3 Å². The molecular weight excluding hydrogens is 252 g/mol. The summed E-state index contributed by atoms with van der Waals surface area (Å²) in [5.41, 5.74) is 1.13. The number of aliphatic hydroxyl groups is 1. The standard InChI is InChI=1S/C17H22O3/c1-11(2)15-10-17(18,6-7-19-15)16-9-13-8-12(3)4-5-14(13)20-16/h4-5,8-9,11,15,18H,6-7,10H2,1-3H3. The molecule has 1 fully saturated rings. The van der Waals surface area contributed by atoms with Crippen LogP contribution in [0.15, 0.2) is 28.7 Å². The van der Waals surface area contributed by atoms with E-state index in [1.165, 1.54) is 5.56 Å². The van der Waals surface area contributed by atoms with Crippen molar-refractivity contribution in [3.63, 3.8) is 0 Å². The summed E-state index contributed by atoms with van der Waals surface area (Å²) in [4.78, 5) is 0. The van der Waals surface area contributed by atoms with Gasteiger partial charge in [-0.3, -0.25) is 0 Å². The largest absolute Gasteiger partial charge is 0.458 e. The number of aryl methyl sites for hydroxylation is 1. The fraction of sp³-hybridized carbons (Fsp3) is 0.529. The van der Waals surface area contributed by atoms with E-state index in [0.717, 1.165) is 11.0 Å². The van der Waals surface area contributed by atoms with Crippen molar-refractivity contribution in [2.45, 2.75) is 45.3 Å². The van der Waals surface area contributed by atoms with Gasteiger partial charge in [-0.15, -0.1) is 0 Å². The fourth-order valence-corrected chi connectivity index (χ4v) is 2.92. The van der Waals surface area contributed by atoms with E-state index >= 15 is 0 Å². The number of ether oxygens (including phenoxy) is 1. The Balaban J connectivity index is 1.96. The van der Waals surface area contributed by atoms with Gasteiger partial charge in [0, 0.05) is 18.2 Å². The molecule has 0 saturated carbocycles. The van der Waals surface area contributed by atoms with Gasteiger partial charge in [0.05, 0.1) is 12.7 Å². The summed E-state index contributed by atoms with van der Waals surface area (Å²) < 4.78 is 11.6. The maximum Gasteiger partial charge on any atom is 0.137 e. The zero-order valence-corrected chi connectivity index (χ0v) is 12.3. The molecule has 3 rings (SSSR count). The predicted molar refractivity (Wildman–Crippen MR) is 78.7 cm³/mol. The zero-order valence-electron chi connectivity index (χ0n) is 12.3. The first kappa shape index (κ1) is 13.7. The van der Waals surface area contributed by atoms with Gasteiger partial charge in [0.2, 0.25) is 0 Å². The van der Waals surface area contributed by atoms with Gasteiger partial charge in [-0.2, -0.15) is 0 Å². The number of fused-ring (bicyclic) bond motifs is 1. The van der Waals surface area contributed by atoms with Crippen LogP contribution < -0.4 is 0 Å². The average molecular weight is 274 g/mol. The molecule has 1 saturated heterocycles. The summed E-state index contributed by atoms with van der Waals surface area (Å²) in [6, 6.07) is 8.06. The minimum Gasteiger partial charge on any atom is -0.458 e. The van der Waals surface area contributed by atoms with E-state index in [0.29, 0.717) is 31.1 Å². The monoisotopic (exact) mass is 274 g/mol. The topological polar surface area (TPSA) is 42.6 Å². The van der Waals surface area contributed by atoms with Gasteiger partial charge in [-0.05, 0) is 31.0 Å². The van der Waals surface area contributed by atoms with Gasteiger partial charge in [-0.1, -0.05) is 25.5 Å². The highest BCUT2D eigenvalue weighted by molar-refractivity contribution is 5.78. The van der Waals surface area contributed by atoms with Crippen molar-refractivity contribution in [1.82, 2.24) is 0 Å². The molecule has 0 aliphatic carbocycles. The van der Waals surface area contributed by atoms with Gasteiger partial charge in [0.15, 0.2) is 0 Å². The summed E-state index contributed by atoms with van der Waals surface area (Å²) in [7, 11) is 0. The van der Waals surface area contributed by atoms with Crippen LogP contribution in [-0.2, 0) is 10.3 Å². The maximum absolute atomic E-state index is 11.0. The third-order valence-electron chi connectivity index (χ3n) is 4.26. The molecule has 1 aromatic heterocycles. The molecule has 20 heavy (non-hydrogen) atoms. The van der Waals surface area contributed by atoms with Crippen LogP contribution in [0.25, 0.3) is 11.0 Å². The Kier molecular flexibility index (Phi) is 3.35. The summed E-state index contributed by atoms with van der Waals surface area (Å²) in [5, 5.41) is 12.0. The second-order valence-electron chi connectivity index (χ2n) is 6.29. The molecule has 1 aliphatic heterocycles. The zero-order chi connectivity index (χ0) is 14.3. The minimum absolute atomic E-state index is 0.0868. The molecule has 0 bridgehead atoms. The molecule has 0 spiro atoms. The van der Waals surface area contributed by atoms with E-state index in [1.807, 2.05) is 18.2 Å². The summed E-state index contributed by atoms with van der Waals surface area (Å²) in [5.74, 6) is 1.07. The molecule has 1 aromatic carbocycles. The fourth-order valence-electron chi connectivity index (χ4n) is 2.92. The lowest BCUT2D eigenvalue weighted by Crippen LogP contribution is -2.40. The van der Waals surface area contributed by atoms with Crippen LogP contribution in [0.3, 0.4) is 0 Å². The normalized spacial score (nSPS) is 27.4. The summed E-state index contributed by atoms with van der Waals surface area (Å²) >= 11 is 0. The molecule has 1 aliphatic rings. The lowest BCUT2D eigenvalue weighted by Gasteiger charge is -2.37. The van der Waals surface area contributed by atoms with E-state index in [-0.39, 0.29) is 6.10 Å². The van der Waals surface area contributed by atoms with Crippen LogP contribution in [0, 0.1) is 12.8 Å². The quantitative estimate of drug-likeness (QED) is 0.906. The first-order valence-corrected chi connectivity index (χ1v) is 7.33. The number of hydrogen-bond acceptors (Lipinski definition) is 3. The molecule has 3 nitrogen and oxygen atoms in total. The van der Waals surface area contributed by atoms with Crippen LogP contribution >= 0.6 is 0 Å². The Bertz CT molecular complexity index is 614. The van der Waals surface area contributed by atoms with Crippen molar-refractivity contribution in [2.24, 2.45) is 5.92 Å². The first-order chi connectivity index (χ1) is 9.48. The number of hydrogen-bond donors (Lipinski definition) is 1. The van der Waals surface area contributed by atoms with Gasteiger partial charge in [0.25, 0.3) is 0 Å². The molecule has 2 atom stereocenters. The lowest BCUT2D eigenvalue weighted by molar-refractivity contribution is -0.129. The lowest BCUT2D eigenvalue weighted by atomic mass is 9.84. The molecule has 2 unspecified atom stereocenters. The molecule has 2 heterocycles. The third kappa shape index (κ3) is 2.36. The Labute approximate surface area is 119 Å². The minimum atomic E-state index is -0.903. The number of furan rings is 1.